The molecule has 2 atom stereocenters. The quantitative estimate of drug-likeness (QED) is 0.787. The molecule has 3 rings (SSSR count). The number of amides is 2. The van der Waals surface area contributed by atoms with Crippen LogP contribution < -0.4 is 5.32 Å². The van der Waals surface area contributed by atoms with Crippen molar-refractivity contribution in [3.8, 4) is 0 Å². The molecule has 1 aliphatic rings. The van der Waals surface area contributed by atoms with Gasteiger partial charge in [-0.05, 0) is 44.9 Å². The topological polar surface area (TPSA) is 75.2 Å². The van der Waals surface area contributed by atoms with E-state index in [0.717, 1.165) is 28.6 Å². The van der Waals surface area contributed by atoms with Crippen LogP contribution in [-0.4, -0.2) is 39.3 Å². The van der Waals surface area contributed by atoms with Crippen molar-refractivity contribution in [2.75, 3.05) is 6.54 Å². The van der Waals surface area contributed by atoms with E-state index in [0.29, 0.717) is 12.6 Å². The maximum atomic E-state index is 13.2. The first-order valence-corrected chi connectivity index (χ1v) is 9.81. The maximum absolute atomic E-state index is 13.2. The number of nitrogens with zero attached hydrogens (tertiary/aromatic N) is 3. The number of carbonyl (C=O) groups excluding carboxylic acids is 2. The molecule has 2 heterocycles. The third-order valence-corrected chi connectivity index (χ3v) is 5.46. The molecule has 6 nitrogen and oxygen atoms in total. The molecule has 1 aromatic heterocycles. The fourth-order valence-electron chi connectivity index (χ4n) is 3.84. The minimum atomic E-state index is -4.71. The number of rotatable bonds is 4. The van der Waals surface area contributed by atoms with Gasteiger partial charge in [0, 0.05) is 25.8 Å². The molecule has 0 fully saturated rings. The van der Waals surface area contributed by atoms with Crippen molar-refractivity contribution in [1.82, 2.24) is 20.2 Å². The van der Waals surface area contributed by atoms with Crippen LogP contribution in [0.25, 0.3) is 0 Å². The summed E-state index contributed by atoms with van der Waals surface area (Å²) in [5.41, 5.74) is 2.28. The van der Waals surface area contributed by atoms with Crippen molar-refractivity contribution < 1.29 is 24.2 Å². The summed E-state index contributed by atoms with van der Waals surface area (Å²) in [4.78, 5) is 34.6. The molecular weight excluding hydrogens is 409 g/mol. The molecule has 1 N–H and O–H groups in total. The SMILES string of the molecule is CCN1C(=O)[C@@H](NC(=O)c2nccc(C(F)(F)F)n2)[C@H](c2cccc(C)c2)C(C)=C1C.[HH]. The normalized spacial score (nSPS) is 19.6. The van der Waals surface area contributed by atoms with E-state index >= 15 is 0 Å². The third-order valence-electron chi connectivity index (χ3n) is 5.46. The average molecular weight is 434 g/mol. The van der Waals surface area contributed by atoms with Gasteiger partial charge in [0.15, 0.2) is 0 Å². The van der Waals surface area contributed by atoms with Crippen molar-refractivity contribution in [1.29, 1.82) is 0 Å². The van der Waals surface area contributed by atoms with Crippen LogP contribution in [0.15, 0.2) is 47.8 Å². The van der Waals surface area contributed by atoms with Gasteiger partial charge in [0.25, 0.3) is 5.91 Å². The molecule has 0 spiro atoms. The van der Waals surface area contributed by atoms with Crippen LogP contribution in [0.5, 0.6) is 0 Å². The number of nitrogens with one attached hydrogen (secondary N) is 1. The molecule has 1 aromatic carbocycles. The van der Waals surface area contributed by atoms with E-state index < -0.39 is 35.6 Å². The van der Waals surface area contributed by atoms with Crippen LogP contribution in [0.1, 0.15) is 55.6 Å². The number of halogens is 3. The molecule has 2 amide bonds. The van der Waals surface area contributed by atoms with Gasteiger partial charge in [0.05, 0.1) is 0 Å². The van der Waals surface area contributed by atoms with Crippen LogP contribution in [-0.2, 0) is 11.0 Å². The summed E-state index contributed by atoms with van der Waals surface area (Å²) in [5, 5.41) is 2.59. The largest absolute Gasteiger partial charge is 0.433 e. The number of aryl methyl sites for hydroxylation is 1. The standard InChI is InChI=1S/C22H23F3N4O2.H2/c1-5-29-14(4)13(3)17(15-8-6-7-12(2)11-15)18(21(29)31)28-20(30)19-26-10-9-16(27-19)22(23,24)25;/h6-11,17-18H,5H2,1-4H3,(H,28,30);1H/t17-,18-;/m0./s1. The molecule has 1 aliphatic heterocycles. The Balaban J connectivity index is 0.00000363. The second-order valence-electron chi connectivity index (χ2n) is 7.46. The molecule has 0 aliphatic carbocycles. The first-order valence-electron chi connectivity index (χ1n) is 9.81. The summed E-state index contributed by atoms with van der Waals surface area (Å²) in [6.45, 7) is 7.86. The van der Waals surface area contributed by atoms with Gasteiger partial charge in [-0.1, -0.05) is 29.8 Å². The number of hydrogen-bond donors (Lipinski definition) is 1. The number of aromatic nitrogens is 2. The highest BCUT2D eigenvalue weighted by atomic mass is 19.4. The maximum Gasteiger partial charge on any atom is 0.433 e. The van der Waals surface area contributed by atoms with Crippen molar-refractivity contribution in [2.24, 2.45) is 0 Å². The van der Waals surface area contributed by atoms with Crippen molar-refractivity contribution >= 4 is 11.8 Å². The number of likely N-dealkylation sites (N-methyl/N-ethyl adjacent to an activating group) is 1. The fraction of sp³-hybridized carbons (Fsp3) is 0.364. The Bertz CT molecular complexity index is 1060. The van der Waals surface area contributed by atoms with Crippen molar-refractivity contribution in [3.05, 3.63) is 70.4 Å². The third kappa shape index (κ3) is 4.45. The lowest BCUT2D eigenvalue weighted by atomic mass is 9.80. The average Bonchev–Trinajstić information content (AvgIpc) is 2.72. The van der Waals surface area contributed by atoms with E-state index in [-0.39, 0.29) is 7.33 Å². The lowest BCUT2D eigenvalue weighted by Crippen LogP contribution is -2.54. The highest BCUT2D eigenvalue weighted by molar-refractivity contribution is 5.96. The molecule has 0 saturated heterocycles. The molecule has 166 valence electrons. The molecular formula is C22H25F3N4O2. The minimum absolute atomic E-state index is 0. The van der Waals surface area contributed by atoms with Gasteiger partial charge < -0.3 is 10.2 Å². The van der Waals surface area contributed by atoms with Crippen LogP contribution in [0.3, 0.4) is 0 Å². The fourth-order valence-corrected chi connectivity index (χ4v) is 3.84. The number of allylic oxidation sites excluding steroid dienone is 1. The zero-order chi connectivity index (χ0) is 22.9. The van der Waals surface area contributed by atoms with E-state index in [1.807, 2.05) is 52.0 Å². The number of benzene rings is 1. The predicted molar refractivity (Wildman–Crippen MR) is 110 cm³/mol. The molecule has 0 bridgehead atoms. The highest BCUT2D eigenvalue weighted by Gasteiger charge is 2.41. The van der Waals surface area contributed by atoms with Crippen molar-refractivity contribution in [2.45, 2.75) is 45.8 Å². The van der Waals surface area contributed by atoms with Crippen molar-refractivity contribution in [3.63, 3.8) is 0 Å². The van der Waals surface area contributed by atoms with Crippen LogP contribution in [0.4, 0.5) is 13.2 Å². The van der Waals surface area contributed by atoms with Gasteiger partial charge in [-0.25, -0.2) is 9.97 Å². The lowest BCUT2D eigenvalue weighted by Gasteiger charge is -2.39. The zero-order valence-electron chi connectivity index (χ0n) is 17.6. The molecule has 9 heteroatoms. The second-order valence-corrected chi connectivity index (χ2v) is 7.46. The van der Waals surface area contributed by atoms with E-state index in [9.17, 15) is 22.8 Å². The Morgan fingerprint density at radius 2 is 1.94 bits per heavy atom. The van der Waals surface area contributed by atoms with Crippen LogP contribution >= 0.6 is 0 Å². The first kappa shape index (κ1) is 22.5. The van der Waals surface area contributed by atoms with E-state index in [1.165, 1.54) is 0 Å². The highest BCUT2D eigenvalue weighted by Crippen LogP contribution is 2.36. The zero-order valence-corrected chi connectivity index (χ0v) is 17.6. The summed E-state index contributed by atoms with van der Waals surface area (Å²) in [6, 6.07) is 7.25. The number of carbonyl (C=O) groups is 2. The molecule has 31 heavy (non-hydrogen) atoms. The number of hydrogen-bond acceptors (Lipinski definition) is 4. The summed E-state index contributed by atoms with van der Waals surface area (Å²) in [7, 11) is 0. The Labute approximate surface area is 179 Å². The van der Waals surface area contributed by atoms with Crippen LogP contribution in [0.2, 0.25) is 0 Å². The summed E-state index contributed by atoms with van der Waals surface area (Å²) < 4.78 is 38.9. The predicted octanol–water partition coefficient (Wildman–Crippen LogP) is 4.09. The summed E-state index contributed by atoms with van der Waals surface area (Å²) in [5.74, 6) is -2.38. The Kier molecular flexibility index (Phi) is 6.15. The molecule has 0 radical (unpaired) electrons. The van der Waals surface area contributed by atoms with Gasteiger partial charge in [-0.15, -0.1) is 0 Å². The Morgan fingerprint density at radius 3 is 2.55 bits per heavy atom. The van der Waals surface area contributed by atoms with E-state index in [1.54, 1.807) is 4.90 Å². The van der Waals surface area contributed by atoms with E-state index in [4.69, 9.17) is 0 Å². The monoisotopic (exact) mass is 434 g/mol. The second kappa shape index (κ2) is 8.49. The first-order chi connectivity index (χ1) is 14.5. The summed E-state index contributed by atoms with van der Waals surface area (Å²) >= 11 is 0. The van der Waals surface area contributed by atoms with Gasteiger partial charge in [0.2, 0.25) is 11.7 Å². The number of alkyl halides is 3. The van der Waals surface area contributed by atoms with Gasteiger partial charge in [0.1, 0.15) is 11.7 Å². The minimum Gasteiger partial charge on any atom is -0.337 e. The Hall–Kier alpha value is -3.23. The van der Waals surface area contributed by atoms with Gasteiger partial charge >= 0.3 is 6.18 Å². The van der Waals surface area contributed by atoms with E-state index in [2.05, 4.69) is 15.3 Å². The lowest BCUT2D eigenvalue weighted by molar-refractivity contribution is -0.141. The molecule has 0 saturated carbocycles. The summed E-state index contributed by atoms with van der Waals surface area (Å²) in [6.07, 6.45) is -3.84. The van der Waals surface area contributed by atoms with Crippen LogP contribution in [0, 0.1) is 6.92 Å². The van der Waals surface area contributed by atoms with Gasteiger partial charge in [-0.2, -0.15) is 13.2 Å². The molecule has 2 aromatic rings. The van der Waals surface area contributed by atoms with Gasteiger partial charge in [-0.3, -0.25) is 9.59 Å². The molecule has 0 unspecified atom stereocenters. The Morgan fingerprint density at radius 1 is 1.23 bits per heavy atom. The smallest absolute Gasteiger partial charge is 0.337 e.